The Labute approximate surface area is 148 Å². The molecule has 2 aromatic rings. The van der Waals surface area contributed by atoms with Gasteiger partial charge in [0.2, 0.25) is 0 Å². The van der Waals surface area contributed by atoms with Crippen LogP contribution in [-0.4, -0.2) is 36.0 Å². The number of carbonyl (C=O) groups is 1. The summed E-state index contributed by atoms with van der Waals surface area (Å²) in [5.41, 5.74) is 0. The lowest BCUT2D eigenvalue weighted by Crippen LogP contribution is -2.46. The number of fused-ring (bicyclic) bond motifs is 1. The fourth-order valence-electron chi connectivity index (χ4n) is 3.90. The molecule has 5 heteroatoms. The first-order chi connectivity index (χ1) is 12.3. The van der Waals surface area contributed by atoms with Crippen LogP contribution in [0.15, 0.2) is 46.9 Å². The molecule has 0 saturated carbocycles. The number of nitrogens with one attached hydrogen (secondary N) is 1. The molecule has 1 aromatic carbocycles. The molecule has 2 aliphatic rings. The van der Waals surface area contributed by atoms with Crippen LogP contribution < -0.4 is 10.1 Å². The van der Waals surface area contributed by atoms with Crippen molar-refractivity contribution in [1.82, 2.24) is 10.2 Å². The second-order valence-corrected chi connectivity index (χ2v) is 6.84. The van der Waals surface area contributed by atoms with Crippen molar-refractivity contribution in [2.24, 2.45) is 0 Å². The third kappa shape index (κ3) is 3.71. The molecule has 0 unspecified atom stereocenters. The van der Waals surface area contributed by atoms with Crippen molar-refractivity contribution in [1.29, 1.82) is 0 Å². The summed E-state index contributed by atoms with van der Waals surface area (Å²) in [4.78, 5) is 15.0. The number of piperidine rings is 1. The van der Waals surface area contributed by atoms with Crippen molar-refractivity contribution in [3.63, 3.8) is 0 Å². The number of hydrogen-bond donors (Lipinski definition) is 1. The van der Waals surface area contributed by atoms with Crippen molar-refractivity contribution in [2.75, 3.05) is 13.1 Å². The number of hydrogen-bond acceptors (Lipinski definition) is 4. The number of nitrogens with zero attached hydrogens (tertiary/aromatic N) is 1. The van der Waals surface area contributed by atoms with E-state index in [0.29, 0.717) is 24.2 Å². The van der Waals surface area contributed by atoms with Gasteiger partial charge < -0.3 is 14.5 Å². The Morgan fingerprint density at radius 3 is 2.88 bits per heavy atom. The second-order valence-electron chi connectivity index (χ2n) is 6.84. The molecule has 1 aromatic heterocycles. The lowest BCUT2D eigenvalue weighted by molar-refractivity contribution is 0.0883. The molecular formula is C20H24N2O3. The van der Waals surface area contributed by atoms with E-state index in [1.165, 1.54) is 25.8 Å². The Kier molecular flexibility index (Phi) is 4.74. The highest BCUT2D eigenvalue weighted by Gasteiger charge is 2.36. The van der Waals surface area contributed by atoms with Gasteiger partial charge in [-0.3, -0.25) is 9.69 Å². The molecule has 1 amide bonds. The fraction of sp³-hybridized carbons (Fsp3) is 0.450. The number of para-hydroxylation sites is 1. The second kappa shape index (κ2) is 7.31. The van der Waals surface area contributed by atoms with Crippen LogP contribution in [-0.2, 0) is 6.61 Å². The Balaban J connectivity index is 1.33. The topological polar surface area (TPSA) is 54.7 Å². The van der Waals surface area contributed by atoms with E-state index in [0.717, 1.165) is 18.7 Å². The molecule has 5 nitrogen and oxygen atoms in total. The first kappa shape index (κ1) is 16.2. The van der Waals surface area contributed by atoms with Gasteiger partial charge in [0.05, 0.1) is 0 Å². The minimum atomic E-state index is -0.122. The molecule has 0 spiro atoms. The highest BCUT2D eigenvalue weighted by Crippen LogP contribution is 2.27. The maximum Gasteiger partial charge on any atom is 0.287 e. The number of amides is 1. The molecule has 2 aliphatic heterocycles. The third-order valence-corrected chi connectivity index (χ3v) is 5.18. The molecule has 132 valence electrons. The molecule has 25 heavy (non-hydrogen) atoms. The minimum Gasteiger partial charge on any atom is -0.486 e. The molecule has 2 atom stereocenters. The van der Waals surface area contributed by atoms with Gasteiger partial charge in [-0.2, -0.15) is 0 Å². The van der Waals surface area contributed by atoms with E-state index < -0.39 is 0 Å². The number of furan rings is 1. The number of carbonyl (C=O) groups excluding carboxylic acids is 1. The summed E-state index contributed by atoms with van der Waals surface area (Å²) in [5, 5.41) is 3.17. The van der Waals surface area contributed by atoms with Crippen LogP contribution in [0.3, 0.4) is 0 Å². The number of benzene rings is 1. The Hall–Kier alpha value is -2.27. The van der Waals surface area contributed by atoms with Crippen LogP contribution in [0.4, 0.5) is 0 Å². The molecule has 2 fully saturated rings. The van der Waals surface area contributed by atoms with Gasteiger partial charge in [0.15, 0.2) is 5.76 Å². The van der Waals surface area contributed by atoms with Gasteiger partial charge in [-0.25, -0.2) is 0 Å². The van der Waals surface area contributed by atoms with Gasteiger partial charge in [0.25, 0.3) is 5.91 Å². The fourth-order valence-corrected chi connectivity index (χ4v) is 3.90. The quantitative estimate of drug-likeness (QED) is 0.908. The van der Waals surface area contributed by atoms with Crippen molar-refractivity contribution < 1.29 is 13.9 Å². The predicted molar refractivity (Wildman–Crippen MR) is 94.6 cm³/mol. The maximum atomic E-state index is 12.5. The van der Waals surface area contributed by atoms with E-state index in [2.05, 4.69) is 10.2 Å². The minimum absolute atomic E-state index is 0.122. The lowest BCUT2D eigenvalue weighted by atomic mass is 9.99. The van der Waals surface area contributed by atoms with Gasteiger partial charge in [-0.05, 0) is 50.1 Å². The predicted octanol–water partition coefficient (Wildman–Crippen LogP) is 3.22. The van der Waals surface area contributed by atoms with Gasteiger partial charge in [-0.15, -0.1) is 0 Å². The van der Waals surface area contributed by atoms with Crippen molar-refractivity contribution in [3.05, 3.63) is 54.0 Å². The molecule has 4 rings (SSSR count). The largest absolute Gasteiger partial charge is 0.486 e. The summed E-state index contributed by atoms with van der Waals surface area (Å²) in [5.74, 6) is 1.68. The van der Waals surface area contributed by atoms with E-state index >= 15 is 0 Å². The Bertz CT molecular complexity index is 713. The van der Waals surface area contributed by atoms with E-state index in [1.807, 2.05) is 30.3 Å². The molecule has 2 saturated heterocycles. The Morgan fingerprint density at radius 2 is 2.00 bits per heavy atom. The molecular weight excluding hydrogens is 316 g/mol. The van der Waals surface area contributed by atoms with Gasteiger partial charge in [0, 0.05) is 18.6 Å². The zero-order valence-corrected chi connectivity index (χ0v) is 14.3. The van der Waals surface area contributed by atoms with Crippen molar-refractivity contribution >= 4 is 5.91 Å². The van der Waals surface area contributed by atoms with Gasteiger partial charge in [-0.1, -0.05) is 24.6 Å². The van der Waals surface area contributed by atoms with Crippen LogP contribution in [0.1, 0.15) is 42.0 Å². The summed E-state index contributed by atoms with van der Waals surface area (Å²) in [6, 6.07) is 13.8. The maximum absolute atomic E-state index is 12.5. The van der Waals surface area contributed by atoms with Gasteiger partial charge in [0.1, 0.15) is 18.1 Å². The zero-order valence-electron chi connectivity index (χ0n) is 14.3. The SMILES string of the molecule is O=C(N[C@H]1CCN2CCCC[C@H]12)c1ccc(COc2ccccc2)o1. The van der Waals surface area contributed by atoms with E-state index in [-0.39, 0.29) is 11.9 Å². The highest BCUT2D eigenvalue weighted by molar-refractivity contribution is 5.91. The smallest absolute Gasteiger partial charge is 0.287 e. The monoisotopic (exact) mass is 340 g/mol. The van der Waals surface area contributed by atoms with Crippen molar-refractivity contribution in [2.45, 2.75) is 44.4 Å². The zero-order chi connectivity index (χ0) is 17.1. The van der Waals surface area contributed by atoms with Crippen LogP contribution in [0.5, 0.6) is 5.75 Å². The first-order valence-electron chi connectivity index (χ1n) is 9.11. The molecule has 0 radical (unpaired) electrons. The average Bonchev–Trinajstić information content (AvgIpc) is 3.29. The average molecular weight is 340 g/mol. The Morgan fingerprint density at radius 1 is 1.12 bits per heavy atom. The van der Waals surface area contributed by atoms with E-state index in [1.54, 1.807) is 12.1 Å². The standard InChI is InChI=1S/C20H24N2O3/c23-20(21-17-11-13-22-12-5-4-8-18(17)22)19-10-9-16(25-19)14-24-15-6-2-1-3-7-15/h1-3,6-7,9-10,17-18H,4-5,8,11-14H2,(H,21,23)/t17-,18+/m0/s1. The van der Waals surface area contributed by atoms with Crippen LogP contribution in [0.2, 0.25) is 0 Å². The number of ether oxygens (including phenoxy) is 1. The van der Waals surface area contributed by atoms with Crippen LogP contribution in [0.25, 0.3) is 0 Å². The van der Waals surface area contributed by atoms with Gasteiger partial charge >= 0.3 is 0 Å². The summed E-state index contributed by atoms with van der Waals surface area (Å²) in [6.45, 7) is 2.57. The molecule has 3 heterocycles. The third-order valence-electron chi connectivity index (χ3n) is 5.18. The van der Waals surface area contributed by atoms with E-state index in [9.17, 15) is 4.79 Å². The molecule has 0 aliphatic carbocycles. The molecule has 0 bridgehead atoms. The number of rotatable bonds is 5. The molecule has 1 N–H and O–H groups in total. The summed E-state index contributed by atoms with van der Waals surface area (Å²) >= 11 is 0. The summed E-state index contributed by atoms with van der Waals surface area (Å²) < 4.78 is 11.3. The lowest BCUT2D eigenvalue weighted by Gasteiger charge is -2.32. The van der Waals surface area contributed by atoms with Crippen LogP contribution >= 0.6 is 0 Å². The van der Waals surface area contributed by atoms with E-state index in [4.69, 9.17) is 9.15 Å². The summed E-state index contributed by atoms with van der Waals surface area (Å²) in [7, 11) is 0. The van der Waals surface area contributed by atoms with Crippen molar-refractivity contribution in [3.8, 4) is 5.75 Å². The highest BCUT2D eigenvalue weighted by atomic mass is 16.5. The summed E-state index contributed by atoms with van der Waals surface area (Å²) in [6.07, 6.45) is 4.75. The normalized spacial score (nSPS) is 23.2. The van der Waals surface area contributed by atoms with Crippen LogP contribution in [0, 0.1) is 0 Å². The first-order valence-corrected chi connectivity index (χ1v) is 9.11.